The standard InChI is InChI=1S/C37H29N/c1-26-17-19-28(20-18-26)29-11-7-12-30(23-29)32-21-22-37-35(25-32)34-15-5-6-16-36(34)38(37)33-14-8-13-31(24-33)27-9-3-2-4-10-27/h2-4,6-14,16-25H,5,15H2,1H3. The van der Waals surface area contributed by atoms with E-state index >= 15 is 0 Å². The number of benzene rings is 5. The molecule has 7 rings (SSSR count). The molecule has 0 spiro atoms. The Labute approximate surface area is 224 Å². The number of hydrogen-bond donors (Lipinski definition) is 0. The summed E-state index contributed by atoms with van der Waals surface area (Å²) in [5.41, 5.74) is 14.0. The van der Waals surface area contributed by atoms with E-state index in [4.69, 9.17) is 0 Å². The summed E-state index contributed by atoms with van der Waals surface area (Å²) in [7, 11) is 0. The largest absolute Gasteiger partial charge is 0.310 e. The molecule has 0 N–H and O–H groups in total. The first-order chi connectivity index (χ1) is 18.7. The van der Waals surface area contributed by atoms with E-state index in [1.54, 1.807) is 0 Å². The fourth-order valence-electron chi connectivity index (χ4n) is 5.77. The summed E-state index contributed by atoms with van der Waals surface area (Å²) in [6, 6.07) is 44.3. The predicted molar refractivity (Wildman–Crippen MR) is 162 cm³/mol. The van der Waals surface area contributed by atoms with Gasteiger partial charge in [-0.1, -0.05) is 103 Å². The van der Waals surface area contributed by atoms with Crippen LogP contribution in [-0.4, -0.2) is 4.57 Å². The van der Waals surface area contributed by atoms with Crippen molar-refractivity contribution in [2.24, 2.45) is 0 Å². The number of nitrogens with zero attached hydrogens (tertiary/aromatic N) is 1. The van der Waals surface area contributed by atoms with Crippen LogP contribution in [0.2, 0.25) is 0 Å². The van der Waals surface area contributed by atoms with Gasteiger partial charge in [-0.25, -0.2) is 0 Å². The molecule has 182 valence electrons. The third kappa shape index (κ3) is 3.97. The first kappa shape index (κ1) is 22.6. The maximum atomic E-state index is 2.44. The van der Waals surface area contributed by atoms with E-state index in [0.717, 1.165) is 12.8 Å². The van der Waals surface area contributed by atoms with E-state index in [0.29, 0.717) is 0 Å². The van der Waals surface area contributed by atoms with Crippen LogP contribution in [0.4, 0.5) is 0 Å². The lowest BCUT2D eigenvalue weighted by atomic mass is 9.96. The Kier molecular flexibility index (Phi) is 5.56. The Bertz CT molecular complexity index is 1800. The van der Waals surface area contributed by atoms with Gasteiger partial charge in [0, 0.05) is 16.8 Å². The van der Waals surface area contributed by atoms with E-state index < -0.39 is 0 Å². The van der Waals surface area contributed by atoms with E-state index in [2.05, 4.69) is 145 Å². The van der Waals surface area contributed by atoms with E-state index in [1.165, 1.54) is 66.8 Å². The minimum absolute atomic E-state index is 1.07. The average Bonchev–Trinajstić information content (AvgIpc) is 3.32. The van der Waals surface area contributed by atoms with E-state index in [-0.39, 0.29) is 0 Å². The van der Waals surface area contributed by atoms with Crippen molar-refractivity contribution in [2.75, 3.05) is 0 Å². The lowest BCUT2D eigenvalue weighted by molar-refractivity contribution is 0.968. The highest BCUT2D eigenvalue weighted by atomic mass is 15.0. The molecule has 1 nitrogen and oxygen atoms in total. The molecule has 1 heterocycles. The van der Waals surface area contributed by atoms with Gasteiger partial charge in [0.1, 0.15) is 0 Å². The Balaban J connectivity index is 1.36. The van der Waals surface area contributed by atoms with Gasteiger partial charge in [0.15, 0.2) is 0 Å². The van der Waals surface area contributed by atoms with E-state index in [1.807, 2.05) is 0 Å². The van der Waals surface area contributed by atoms with Crippen molar-refractivity contribution in [1.82, 2.24) is 4.57 Å². The van der Waals surface area contributed by atoms with Crippen LogP contribution in [0.1, 0.15) is 23.2 Å². The van der Waals surface area contributed by atoms with Gasteiger partial charge in [0.25, 0.3) is 0 Å². The lowest BCUT2D eigenvalue weighted by Gasteiger charge is -2.13. The first-order valence-corrected chi connectivity index (χ1v) is 13.4. The van der Waals surface area contributed by atoms with Crippen molar-refractivity contribution in [3.8, 4) is 39.1 Å². The third-order valence-corrected chi connectivity index (χ3v) is 7.74. The summed E-state index contributed by atoms with van der Waals surface area (Å²) in [4.78, 5) is 0. The highest BCUT2D eigenvalue weighted by molar-refractivity contribution is 5.94. The SMILES string of the molecule is Cc1ccc(-c2cccc(-c3ccc4c(c3)c3c(n4-c4cccc(-c5ccccc5)c4)C=CCC3)c2)cc1. The molecule has 1 aliphatic rings. The molecular formula is C37H29N. The van der Waals surface area contributed by atoms with Crippen LogP contribution >= 0.6 is 0 Å². The number of allylic oxidation sites excluding steroid dienone is 1. The third-order valence-electron chi connectivity index (χ3n) is 7.74. The van der Waals surface area contributed by atoms with Gasteiger partial charge in [0.05, 0.1) is 5.52 Å². The molecule has 5 aromatic carbocycles. The average molecular weight is 488 g/mol. The van der Waals surface area contributed by atoms with Crippen molar-refractivity contribution in [1.29, 1.82) is 0 Å². The molecular weight excluding hydrogens is 458 g/mol. The lowest BCUT2D eigenvalue weighted by Crippen LogP contribution is -2.00. The molecule has 0 unspecified atom stereocenters. The molecule has 1 heteroatoms. The molecule has 6 aromatic rings. The van der Waals surface area contributed by atoms with Crippen molar-refractivity contribution < 1.29 is 0 Å². The normalized spacial score (nSPS) is 12.6. The van der Waals surface area contributed by atoms with Crippen LogP contribution in [0, 0.1) is 6.92 Å². The Morgan fingerprint density at radius 2 is 1.18 bits per heavy atom. The highest BCUT2D eigenvalue weighted by Gasteiger charge is 2.19. The predicted octanol–water partition coefficient (Wildman–Crippen LogP) is 9.90. The molecule has 0 aliphatic heterocycles. The van der Waals surface area contributed by atoms with Gasteiger partial charge in [-0.3, -0.25) is 0 Å². The zero-order valence-corrected chi connectivity index (χ0v) is 21.6. The van der Waals surface area contributed by atoms with Gasteiger partial charge in [-0.05, 0) is 95.1 Å². The summed E-state index contributed by atoms with van der Waals surface area (Å²) < 4.78 is 2.44. The van der Waals surface area contributed by atoms with Crippen LogP contribution in [0.5, 0.6) is 0 Å². The van der Waals surface area contributed by atoms with Crippen LogP contribution in [0.15, 0.2) is 127 Å². The quantitative estimate of drug-likeness (QED) is 0.233. The fourth-order valence-corrected chi connectivity index (χ4v) is 5.77. The number of aryl methyl sites for hydroxylation is 2. The minimum atomic E-state index is 1.07. The maximum Gasteiger partial charge on any atom is 0.0538 e. The minimum Gasteiger partial charge on any atom is -0.310 e. The van der Waals surface area contributed by atoms with Gasteiger partial charge in [0.2, 0.25) is 0 Å². The van der Waals surface area contributed by atoms with Crippen molar-refractivity contribution >= 4 is 17.0 Å². The second kappa shape index (κ2) is 9.36. The van der Waals surface area contributed by atoms with Gasteiger partial charge in [-0.15, -0.1) is 0 Å². The zero-order chi connectivity index (χ0) is 25.5. The molecule has 0 amide bonds. The zero-order valence-electron chi connectivity index (χ0n) is 21.6. The summed E-state index contributed by atoms with van der Waals surface area (Å²) in [5.74, 6) is 0. The number of rotatable bonds is 4. The smallest absolute Gasteiger partial charge is 0.0538 e. The molecule has 0 bridgehead atoms. The topological polar surface area (TPSA) is 4.93 Å². The second-order valence-electron chi connectivity index (χ2n) is 10.2. The molecule has 0 saturated carbocycles. The van der Waals surface area contributed by atoms with Crippen LogP contribution in [0.25, 0.3) is 56.0 Å². The van der Waals surface area contributed by atoms with Gasteiger partial charge >= 0.3 is 0 Å². The van der Waals surface area contributed by atoms with E-state index in [9.17, 15) is 0 Å². The number of fused-ring (bicyclic) bond motifs is 3. The van der Waals surface area contributed by atoms with Crippen LogP contribution < -0.4 is 0 Å². The van der Waals surface area contributed by atoms with Crippen LogP contribution in [0.3, 0.4) is 0 Å². The first-order valence-electron chi connectivity index (χ1n) is 13.4. The Morgan fingerprint density at radius 1 is 0.553 bits per heavy atom. The summed E-state index contributed by atoms with van der Waals surface area (Å²) in [6.07, 6.45) is 6.78. The summed E-state index contributed by atoms with van der Waals surface area (Å²) >= 11 is 0. The molecule has 1 aromatic heterocycles. The van der Waals surface area contributed by atoms with Crippen molar-refractivity contribution in [3.63, 3.8) is 0 Å². The monoisotopic (exact) mass is 487 g/mol. The molecule has 0 atom stereocenters. The molecule has 0 saturated heterocycles. The Morgan fingerprint density at radius 3 is 2.00 bits per heavy atom. The highest BCUT2D eigenvalue weighted by Crippen LogP contribution is 2.37. The molecule has 1 aliphatic carbocycles. The molecule has 38 heavy (non-hydrogen) atoms. The number of hydrogen-bond acceptors (Lipinski definition) is 0. The van der Waals surface area contributed by atoms with Crippen LogP contribution in [-0.2, 0) is 6.42 Å². The molecule has 0 fully saturated rings. The van der Waals surface area contributed by atoms with Gasteiger partial charge < -0.3 is 4.57 Å². The molecule has 0 radical (unpaired) electrons. The maximum absolute atomic E-state index is 2.44. The number of aromatic nitrogens is 1. The second-order valence-corrected chi connectivity index (χ2v) is 10.2. The van der Waals surface area contributed by atoms with Crippen molar-refractivity contribution in [3.05, 3.63) is 144 Å². The summed E-state index contributed by atoms with van der Waals surface area (Å²) in [6.45, 7) is 2.13. The van der Waals surface area contributed by atoms with Gasteiger partial charge in [-0.2, -0.15) is 0 Å². The Hall–Kier alpha value is -4.62. The summed E-state index contributed by atoms with van der Waals surface area (Å²) in [5, 5.41) is 1.35. The fraction of sp³-hybridized carbons (Fsp3) is 0.0811. The van der Waals surface area contributed by atoms with Crippen molar-refractivity contribution in [2.45, 2.75) is 19.8 Å².